The molecule has 2 nitrogen and oxygen atoms in total. The zero-order chi connectivity index (χ0) is 11.9. The summed E-state index contributed by atoms with van der Waals surface area (Å²) in [5.74, 6) is 0. The fourth-order valence-electron chi connectivity index (χ4n) is 1.80. The highest BCUT2D eigenvalue weighted by Crippen LogP contribution is 2.31. The lowest BCUT2D eigenvalue weighted by Gasteiger charge is -2.29. The van der Waals surface area contributed by atoms with E-state index in [0.717, 1.165) is 12.8 Å². The second-order valence-corrected chi connectivity index (χ2v) is 5.48. The van der Waals surface area contributed by atoms with Crippen LogP contribution in [0.2, 0.25) is 0 Å². The van der Waals surface area contributed by atoms with Crippen LogP contribution in [-0.4, -0.2) is 18.3 Å². The first-order valence-electron chi connectivity index (χ1n) is 5.29. The molecule has 0 spiro atoms. The monoisotopic (exact) mass is 352 g/mol. The van der Waals surface area contributed by atoms with E-state index in [1.807, 2.05) is 18.2 Å². The summed E-state index contributed by atoms with van der Waals surface area (Å²) < 4.78 is 5.32. The molecule has 1 N–H and O–H groups in total. The Labute approximate surface area is 114 Å². The summed E-state index contributed by atoms with van der Waals surface area (Å²) in [5, 5.41) is 9.17. The summed E-state index contributed by atoms with van der Waals surface area (Å²) >= 11 is 2.12. The van der Waals surface area contributed by atoms with Gasteiger partial charge in [0.15, 0.2) is 0 Å². The SMILES string of the molecule is CC(CCO)(CCOSI)c1ccccc1. The van der Waals surface area contributed by atoms with Crippen molar-refractivity contribution in [2.24, 2.45) is 0 Å². The largest absolute Gasteiger partial charge is 0.396 e. The van der Waals surface area contributed by atoms with Gasteiger partial charge in [0.25, 0.3) is 0 Å². The molecule has 0 saturated heterocycles. The van der Waals surface area contributed by atoms with Crippen LogP contribution in [0.5, 0.6) is 0 Å². The molecular weight excluding hydrogens is 335 g/mol. The number of halogens is 1. The van der Waals surface area contributed by atoms with Crippen molar-refractivity contribution in [3.63, 3.8) is 0 Å². The van der Waals surface area contributed by atoms with Crippen molar-refractivity contribution >= 4 is 30.4 Å². The van der Waals surface area contributed by atoms with Crippen molar-refractivity contribution < 1.29 is 9.29 Å². The molecule has 0 fully saturated rings. The molecule has 1 unspecified atom stereocenters. The first-order chi connectivity index (χ1) is 7.73. The quantitative estimate of drug-likeness (QED) is 0.461. The van der Waals surface area contributed by atoms with Gasteiger partial charge in [-0.25, -0.2) is 0 Å². The molecule has 90 valence electrons. The van der Waals surface area contributed by atoms with Gasteiger partial charge in [-0.2, -0.15) is 0 Å². The summed E-state index contributed by atoms with van der Waals surface area (Å²) in [6.07, 6.45) is 1.69. The van der Waals surface area contributed by atoms with E-state index in [0.29, 0.717) is 6.61 Å². The summed E-state index contributed by atoms with van der Waals surface area (Å²) in [5.41, 5.74) is 1.27. The Morgan fingerprint density at radius 3 is 2.56 bits per heavy atom. The van der Waals surface area contributed by atoms with Crippen molar-refractivity contribution in [1.29, 1.82) is 0 Å². The van der Waals surface area contributed by atoms with E-state index in [-0.39, 0.29) is 12.0 Å². The van der Waals surface area contributed by atoms with Gasteiger partial charge < -0.3 is 9.29 Å². The molecule has 0 radical (unpaired) electrons. The molecule has 1 aromatic carbocycles. The van der Waals surface area contributed by atoms with Gasteiger partial charge in [0, 0.05) is 27.8 Å². The molecule has 0 heterocycles. The highest BCUT2D eigenvalue weighted by molar-refractivity contribution is 14.2. The number of benzene rings is 1. The van der Waals surface area contributed by atoms with Crippen molar-refractivity contribution in [2.75, 3.05) is 13.2 Å². The van der Waals surface area contributed by atoms with E-state index in [2.05, 4.69) is 40.3 Å². The minimum absolute atomic E-state index is 0.00236. The van der Waals surface area contributed by atoms with Gasteiger partial charge >= 0.3 is 0 Å². The average Bonchev–Trinajstić information content (AvgIpc) is 2.31. The van der Waals surface area contributed by atoms with Crippen molar-refractivity contribution in [2.45, 2.75) is 25.2 Å². The minimum Gasteiger partial charge on any atom is -0.396 e. The first-order valence-corrected chi connectivity index (χ1v) is 8.58. The number of hydrogen-bond donors (Lipinski definition) is 1. The van der Waals surface area contributed by atoms with Crippen LogP contribution in [0.25, 0.3) is 0 Å². The van der Waals surface area contributed by atoms with Crippen LogP contribution in [0.15, 0.2) is 30.3 Å². The lowest BCUT2D eigenvalue weighted by molar-refractivity contribution is 0.219. The highest BCUT2D eigenvalue weighted by atomic mass is 127. The van der Waals surface area contributed by atoms with E-state index in [9.17, 15) is 5.11 Å². The fraction of sp³-hybridized carbons (Fsp3) is 0.500. The van der Waals surface area contributed by atoms with Crippen LogP contribution in [0.1, 0.15) is 25.3 Å². The molecule has 0 bridgehead atoms. The summed E-state index contributed by atoms with van der Waals surface area (Å²) in [7, 11) is 1.36. The highest BCUT2D eigenvalue weighted by Gasteiger charge is 2.25. The van der Waals surface area contributed by atoms with Gasteiger partial charge in [0.1, 0.15) is 0 Å². The molecule has 0 aliphatic carbocycles. The summed E-state index contributed by atoms with van der Waals surface area (Å²) in [6.45, 7) is 3.10. The number of aliphatic hydroxyl groups is 1. The maximum Gasteiger partial charge on any atom is 0.0650 e. The normalized spacial score (nSPS) is 14.7. The second kappa shape index (κ2) is 7.53. The van der Waals surface area contributed by atoms with Gasteiger partial charge in [0.2, 0.25) is 0 Å². The Balaban J connectivity index is 2.71. The van der Waals surface area contributed by atoms with E-state index in [4.69, 9.17) is 4.18 Å². The smallest absolute Gasteiger partial charge is 0.0650 e. The predicted octanol–water partition coefficient (Wildman–Crippen LogP) is 3.73. The van der Waals surface area contributed by atoms with Crippen molar-refractivity contribution in [3.8, 4) is 0 Å². The molecule has 4 heteroatoms. The van der Waals surface area contributed by atoms with E-state index in [1.54, 1.807) is 0 Å². The third-order valence-corrected chi connectivity index (χ3v) is 3.93. The van der Waals surface area contributed by atoms with Crippen LogP contribution in [0.3, 0.4) is 0 Å². The van der Waals surface area contributed by atoms with E-state index >= 15 is 0 Å². The molecule has 1 rings (SSSR count). The zero-order valence-electron chi connectivity index (χ0n) is 9.36. The summed E-state index contributed by atoms with van der Waals surface area (Å²) in [6, 6.07) is 10.3. The zero-order valence-corrected chi connectivity index (χ0v) is 12.3. The first kappa shape index (κ1) is 14.3. The molecule has 16 heavy (non-hydrogen) atoms. The third-order valence-electron chi connectivity index (χ3n) is 2.92. The van der Waals surface area contributed by atoms with Crippen LogP contribution >= 0.6 is 30.4 Å². The molecule has 0 aliphatic rings. The molecule has 0 amide bonds. The Hall–Kier alpha value is 0.220. The number of aliphatic hydroxyl groups excluding tert-OH is 1. The standard InChI is InChI=1S/C12H17IO2S/c1-12(7-9-14,8-10-15-16-13)11-5-3-2-4-6-11/h2-6,14H,7-10H2,1H3. The lowest BCUT2D eigenvalue weighted by atomic mass is 9.77. The van der Waals surface area contributed by atoms with Gasteiger partial charge in [-0.3, -0.25) is 0 Å². The second-order valence-electron chi connectivity index (χ2n) is 4.04. The maximum atomic E-state index is 9.17. The Kier molecular flexibility index (Phi) is 6.72. The van der Waals surface area contributed by atoms with Crippen LogP contribution < -0.4 is 0 Å². The molecule has 0 aliphatic heterocycles. The van der Waals surface area contributed by atoms with Crippen molar-refractivity contribution in [1.82, 2.24) is 0 Å². The fourth-order valence-corrected chi connectivity index (χ4v) is 2.49. The molecule has 0 aromatic heterocycles. The van der Waals surface area contributed by atoms with E-state index < -0.39 is 0 Å². The Bertz CT molecular complexity index is 294. The maximum absolute atomic E-state index is 9.17. The lowest BCUT2D eigenvalue weighted by Crippen LogP contribution is -2.25. The van der Waals surface area contributed by atoms with Gasteiger partial charge in [-0.1, -0.05) is 37.3 Å². The van der Waals surface area contributed by atoms with Crippen LogP contribution in [0.4, 0.5) is 0 Å². The minimum atomic E-state index is 0.00236. The topological polar surface area (TPSA) is 29.5 Å². The molecule has 1 atom stereocenters. The predicted molar refractivity (Wildman–Crippen MR) is 77.7 cm³/mol. The van der Waals surface area contributed by atoms with Gasteiger partial charge in [0.05, 0.1) is 15.8 Å². The van der Waals surface area contributed by atoms with Crippen LogP contribution in [0, 0.1) is 0 Å². The molecular formula is C12H17IO2S. The molecule has 1 aromatic rings. The molecule has 0 saturated carbocycles. The third kappa shape index (κ3) is 4.24. The summed E-state index contributed by atoms with van der Waals surface area (Å²) in [4.78, 5) is 0. The average molecular weight is 352 g/mol. The van der Waals surface area contributed by atoms with Crippen LogP contribution in [-0.2, 0) is 9.60 Å². The van der Waals surface area contributed by atoms with Crippen molar-refractivity contribution in [3.05, 3.63) is 35.9 Å². The Morgan fingerprint density at radius 1 is 1.31 bits per heavy atom. The number of rotatable bonds is 7. The van der Waals surface area contributed by atoms with Gasteiger partial charge in [-0.05, 0) is 23.8 Å². The van der Waals surface area contributed by atoms with E-state index in [1.165, 1.54) is 14.8 Å². The number of hydrogen-bond acceptors (Lipinski definition) is 3. The Morgan fingerprint density at radius 2 is 2.00 bits per heavy atom. The van der Waals surface area contributed by atoms with Gasteiger partial charge in [-0.15, -0.1) is 0 Å².